The monoisotopic (exact) mass is 540 g/mol. The van der Waals surface area contributed by atoms with E-state index < -0.39 is 5.91 Å². The molecule has 0 spiro atoms. The van der Waals surface area contributed by atoms with Crippen molar-refractivity contribution < 1.29 is 18.8 Å². The zero-order chi connectivity index (χ0) is 28.6. The van der Waals surface area contributed by atoms with E-state index in [1.165, 1.54) is 6.08 Å². The number of carbonyl (C=O) groups is 3. The molecule has 1 heterocycles. The number of amides is 2. The first kappa shape index (κ1) is 27.1. The van der Waals surface area contributed by atoms with Gasteiger partial charge in [-0.05, 0) is 48.9 Å². The Morgan fingerprint density at radius 3 is 2.20 bits per heavy atom. The predicted molar refractivity (Wildman–Crippen MR) is 162 cm³/mol. The van der Waals surface area contributed by atoms with Crippen LogP contribution in [0.3, 0.4) is 0 Å². The van der Waals surface area contributed by atoms with E-state index in [0.29, 0.717) is 28.5 Å². The summed E-state index contributed by atoms with van der Waals surface area (Å²) in [7, 11) is 0. The van der Waals surface area contributed by atoms with Crippen molar-refractivity contribution in [3.05, 3.63) is 149 Å². The molecule has 4 aromatic carbocycles. The molecule has 5 aromatic rings. The Labute approximate surface area is 238 Å². The maximum atomic E-state index is 13.4. The molecule has 0 unspecified atom stereocenters. The summed E-state index contributed by atoms with van der Waals surface area (Å²) in [5.74, 6) is 0.327. The largest absolute Gasteiger partial charge is 0.457 e. The SMILES string of the molecule is Cc1ccc(CC(=O)Nc2ccc(NC(=O)/C=C/c3ccc(-c4ccccc4)o3)cc2C(=O)c2ccccc2)cc1. The Bertz CT molecular complexity index is 1700. The molecule has 0 aliphatic rings. The topological polar surface area (TPSA) is 88.4 Å². The van der Waals surface area contributed by atoms with E-state index in [9.17, 15) is 14.4 Å². The van der Waals surface area contributed by atoms with Crippen LogP contribution in [0.25, 0.3) is 17.4 Å². The second-order valence-electron chi connectivity index (χ2n) is 9.56. The Morgan fingerprint density at radius 2 is 1.46 bits per heavy atom. The molecule has 0 saturated heterocycles. The van der Waals surface area contributed by atoms with Gasteiger partial charge in [0.05, 0.1) is 12.1 Å². The van der Waals surface area contributed by atoms with Gasteiger partial charge in [0.1, 0.15) is 11.5 Å². The lowest BCUT2D eigenvalue weighted by molar-refractivity contribution is -0.115. The lowest BCUT2D eigenvalue weighted by atomic mass is 10.0. The van der Waals surface area contributed by atoms with E-state index in [-0.39, 0.29) is 23.7 Å². The number of nitrogens with one attached hydrogen (secondary N) is 2. The molecule has 1 aromatic heterocycles. The van der Waals surface area contributed by atoms with Crippen molar-refractivity contribution in [3.63, 3.8) is 0 Å². The van der Waals surface area contributed by atoms with Crippen molar-refractivity contribution in [2.75, 3.05) is 10.6 Å². The predicted octanol–water partition coefficient (Wildman–Crippen LogP) is 7.32. The second-order valence-corrected chi connectivity index (χ2v) is 9.56. The average molecular weight is 541 g/mol. The van der Waals surface area contributed by atoms with Gasteiger partial charge in [0.15, 0.2) is 5.78 Å². The number of hydrogen-bond acceptors (Lipinski definition) is 4. The standard InChI is InChI=1S/C35H28N2O4/c1-24-12-14-25(15-13-24)22-34(39)37-31-19-16-28(23-30(31)35(40)27-10-6-3-7-11-27)36-33(38)21-18-29-17-20-32(41-29)26-8-4-2-5-9-26/h2-21,23H,22H2,1H3,(H,36,38)(H,37,39)/b21-18+. The highest BCUT2D eigenvalue weighted by Crippen LogP contribution is 2.25. The number of aryl methyl sites for hydroxylation is 1. The molecule has 6 nitrogen and oxygen atoms in total. The Balaban J connectivity index is 1.32. The van der Waals surface area contributed by atoms with Crippen molar-refractivity contribution in [1.82, 2.24) is 0 Å². The highest BCUT2D eigenvalue weighted by Gasteiger charge is 2.17. The fraction of sp³-hybridized carbons (Fsp3) is 0.0571. The van der Waals surface area contributed by atoms with Gasteiger partial charge in [-0.15, -0.1) is 0 Å². The summed E-state index contributed by atoms with van der Waals surface area (Å²) in [6.45, 7) is 1.99. The minimum atomic E-state index is -0.392. The molecular formula is C35H28N2O4. The summed E-state index contributed by atoms with van der Waals surface area (Å²) in [6, 6.07) is 34.7. The summed E-state index contributed by atoms with van der Waals surface area (Å²) in [6.07, 6.45) is 3.11. The van der Waals surface area contributed by atoms with E-state index in [0.717, 1.165) is 16.7 Å². The van der Waals surface area contributed by atoms with E-state index in [2.05, 4.69) is 10.6 Å². The van der Waals surface area contributed by atoms with Crippen molar-refractivity contribution in [2.45, 2.75) is 13.3 Å². The third-order valence-electron chi connectivity index (χ3n) is 6.41. The third-order valence-corrected chi connectivity index (χ3v) is 6.41. The molecule has 0 aliphatic carbocycles. The van der Waals surface area contributed by atoms with Gasteiger partial charge < -0.3 is 15.1 Å². The van der Waals surface area contributed by atoms with Crippen molar-refractivity contribution >= 4 is 35.0 Å². The number of carbonyl (C=O) groups excluding carboxylic acids is 3. The van der Waals surface area contributed by atoms with Gasteiger partial charge in [-0.2, -0.15) is 0 Å². The molecule has 0 atom stereocenters. The lowest BCUT2D eigenvalue weighted by Crippen LogP contribution is -2.18. The number of hydrogen-bond donors (Lipinski definition) is 2. The Hall–Kier alpha value is -5.49. The first-order valence-electron chi connectivity index (χ1n) is 13.2. The molecule has 5 rings (SSSR count). The zero-order valence-electron chi connectivity index (χ0n) is 22.5. The number of furan rings is 1. The first-order valence-corrected chi connectivity index (χ1v) is 13.2. The Morgan fingerprint density at radius 1 is 0.756 bits per heavy atom. The first-order chi connectivity index (χ1) is 19.9. The molecule has 6 heteroatoms. The number of anilines is 2. The van der Waals surface area contributed by atoms with Crippen LogP contribution in [0.1, 0.15) is 32.8 Å². The van der Waals surface area contributed by atoms with Gasteiger partial charge in [0, 0.05) is 28.5 Å². The van der Waals surface area contributed by atoms with Crippen LogP contribution >= 0.6 is 0 Å². The molecule has 2 N–H and O–H groups in total. The van der Waals surface area contributed by atoms with E-state index in [1.807, 2.05) is 73.7 Å². The van der Waals surface area contributed by atoms with Crippen LogP contribution in [0.2, 0.25) is 0 Å². The fourth-order valence-corrected chi connectivity index (χ4v) is 4.29. The lowest BCUT2D eigenvalue weighted by Gasteiger charge is -2.13. The molecular weight excluding hydrogens is 512 g/mol. The molecule has 0 bridgehead atoms. The second kappa shape index (κ2) is 12.6. The summed E-state index contributed by atoms with van der Waals surface area (Å²) >= 11 is 0. The number of benzene rings is 4. The van der Waals surface area contributed by atoms with Gasteiger partial charge in [-0.3, -0.25) is 14.4 Å². The van der Waals surface area contributed by atoms with Crippen LogP contribution in [0.15, 0.2) is 126 Å². The molecule has 41 heavy (non-hydrogen) atoms. The quantitative estimate of drug-likeness (QED) is 0.151. The average Bonchev–Trinajstić information content (AvgIpc) is 3.48. The van der Waals surface area contributed by atoms with Gasteiger partial charge in [-0.1, -0.05) is 90.5 Å². The van der Waals surface area contributed by atoms with Crippen molar-refractivity contribution in [1.29, 1.82) is 0 Å². The summed E-state index contributed by atoms with van der Waals surface area (Å²) in [5.41, 5.74) is 4.45. The molecule has 0 radical (unpaired) electrons. The van der Waals surface area contributed by atoms with Crippen LogP contribution < -0.4 is 10.6 Å². The maximum absolute atomic E-state index is 13.4. The van der Waals surface area contributed by atoms with Crippen LogP contribution in [-0.2, 0) is 16.0 Å². The maximum Gasteiger partial charge on any atom is 0.248 e. The minimum Gasteiger partial charge on any atom is -0.457 e. The normalized spacial score (nSPS) is 10.9. The highest BCUT2D eigenvalue weighted by molar-refractivity contribution is 6.15. The molecule has 2 amide bonds. The molecule has 0 fully saturated rings. The number of rotatable bonds is 9. The van der Waals surface area contributed by atoms with Crippen molar-refractivity contribution in [2.24, 2.45) is 0 Å². The minimum absolute atomic E-state index is 0.168. The van der Waals surface area contributed by atoms with E-state index in [4.69, 9.17) is 4.42 Å². The van der Waals surface area contributed by atoms with Crippen molar-refractivity contribution in [3.8, 4) is 11.3 Å². The van der Waals surface area contributed by atoms with Gasteiger partial charge in [0.25, 0.3) is 0 Å². The van der Waals surface area contributed by atoms with Gasteiger partial charge >= 0.3 is 0 Å². The summed E-state index contributed by atoms with van der Waals surface area (Å²) < 4.78 is 5.82. The summed E-state index contributed by atoms with van der Waals surface area (Å²) in [5, 5.41) is 5.66. The Kier molecular flexibility index (Phi) is 8.31. The van der Waals surface area contributed by atoms with Crippen LogP contribution in [0, 0.1) is 6.92 Å². The van der Waals surface area contributed by atoms with Crippen LogP contribution in [-0.4, -0.2) is 17.6 Å². The van der Waals surface area contributed by atoms with Crippen LogP contribution in [0.4, 0.5) is 11.4 Å². The number of ketones is 1. The third kappa shape index (κ3) is 7.13. The van der Waals surface area contributed by atoms with Crippen LogP contribution in [0.5, 0.6) is 0 Å². The van der Waals surface area contributed by atoms with E-state index >= 15 is 0 Å². The molecule has 202 valence electrons. The van der Waals surface area contributed by atoms with Gasteiger partial charge in [-0.25, -0.2) is 0 Å². The zero-order valence-corrected chi connectivity index (χ0v) is 22.5. The van der Waals surface area contributed by atoms with Gasteiger partial charge in [0.2, 0.25) is 11.8 Å². The molecule has 0 saturated carbocycles. The highest BCUT2D eigenvalue weighted by atomic mass is 16.3. The van der Waals surface area contributed by atoms with E-state index in [1.54, 1.807) is 54.6 Å². The fourth-order valence-electron chi connectivity index (χ4n) is 4.29. The summed E-state index contributed by atoms with van der Waals surface area (Å²) in [4.78, 5) is 39.0. The smallest absolute Gasteiger partial charge is 0.248 e. The molecule has 0 aliphatic heterocycles.